The van der Waals surface area contributed by atoms with Crippen molar-refractivity contribution in [3.8, 4) is 0 Å². The second-order valence-electron chi connectivity index (χ2n) is 2.14. The van der Waals surface area contributed by atoms with Crippen LogP contribution in [0.4, 0.5) is 0 Å². The number of methoxy groups -OCH3 is 1. The van der Waals surface area contributed by atoms with E-state index in [1.807, 2.05) is 0 Å². The van der Waals surface area contributed by atoms with Crippen LogP contribution in [0.3, 0.4) is 0 Å². The summed E-state index contributed by atoms with van der Waals surface area (Å²) in [5.41, 5.74) is -0.107. The van der Waals surface area contributed by atoms with Crippen molar-refractivity contribution < 1.29 is 4.74 Å². The average Bonchev–Trinajstić information content (AvgIpc) is 2.03. The third-order valence-corrected chi connectivity index (χ3v) is 1.37. The molecule has 0 spiro atoms. The Balaban J connectivity index is 2.70. The van der Waals surface area contributed by atoms with Gasteiger partial charge in [0.25, 0.3) is 5.56 Å². The lowest BCUT2D eigenvalue weighted by Gasteiger charge is -2.01. The van der Waals surface area contributed by atoms with E-state index in [1.165, 1.54) is 0 Å². The van der Waals surface area contributed by atoms with Crippen LogP contribution in [0.5, 0.6) is 0 Å². The summed E-state index contributed by atoms with van der Waals surface area (Å²) in [5.74, 6) is 0. The molecule has 0 N–H and O–H groups in total. The van der Waals surface area contributed by atoms with Crippen molar-refractivity contribution in [3.63, 3.8) is 0 Å². The number of nitrogens with zero attached hydrogens (tertiary/aromatic N) is 1. The maximum absolute atomic E-state index is 11.0. The topological polar surface area (TPSA) is 31.2 Å². The first kappa shape index (κ1) is 8.01. The summed E-state index contributed by atoms with van der Waals surface area (Å²) >= 11 is 0. The smallest absolute Gasteiger partial charge is 0.258 e. The molecule has 1 radical (unpaired) electrons. The number of rotatable bonds is 3. The van der Waals surface area contributed by atoms with Gasteiger partial charge in [-0.2, -0.15) is 0 Å². The molecular formula is C8H10NO2. The van der Waals surface area contributed by atoms with E-state index in [-0.39, 0.29) is 5.56 Å². The highest BCUT2D eigenvalue weighted by Crippen LogP contribution is 1.81. The van der Waals surface area contributed by atoms with Crippen molar-refractivity contribution in [2.75, 3.05) is 13.7 Å². The molecule has 0 unspecified atom stereocenters. The van der Waals surface area contributed by atoms with E-state index in [9.17, 15) is 4.79 Å². The first-order chi connectivity index (χ1) is 5.34. The van der Waals surface area contributed by atoms with E-state index >= 15 is 0 Å². The van der Waals surface area contributed by atoms with Crippen molar-refractivity contribution >= 4 is 0 Å². The number of aromatic nitrogens is 1. The molecule has 0 aliphatic rings. The molecule has 0 bridgehead atoms. The first-order valence-electron chi connectivity index (χ1n) is 3.40. The third-order valence-electron chi connectivity index (χ3n) is 1.37. The normalized spacial score (nSPS) is 9.91. The Morgan fingerprint density at radius 2 is 2.55 bits per heavy atom. The fourth-order valence-electron chi connectivity index (χ4n) is 0.783. The molecule has 1 aromatic rings. The van der Waals surface area contributed by atoms with Crippen LogP contribution >= 0.6 is 0 Å². The highest BCUT2D eigenvalue weighted by molar-refractivity contribution is 4.90. The fourth-order valence-corrected chi connectivity index (χ4v) is 0.783. The lowest BCUT2D eigenvalue weighted by molar-refractivity contribution is 0.186. The fraction of sp³-hybridized carbons (Fsp3) is 0.375. The third kappa shape index (κ3) is 2.20. The van der Waals surface area contributed by atoms with Crippen LogP contribution in [-0.2, 0) is 11.3 Å². The largest absolute Gasteiger partial charge is 0.383 e. The molecule has 0 amide bonds. The number of pyridine rings is 1. The van der Waals surface area contributed by atoms with Crippen LogP contribution in [-0.4, -0.2) is 18.3 Å². The maximum Gasteiger partial charge on any atom is 0.258 e. The van der Waals surface area contributed by atoms with Crippen molar-refractivity contribution in [1.29, 1.82) is 0 Å². The molecule has 3 heteroatoms. The Morgan fingerprint density at radius 1 is 1.73 bits per heavy atom. The minimum Gasteiger partial charge on any atom is -0.383 e. The molecule has 0 fully saturated rings. The first-order valence-corrected chi connectivity index (χ1v) is 3.40. The summed E-state index contributed by atoms with van der Waals surface area (Å²) in [6.07, 6.45) is 1.72. The van der Waals surface area contributed by atoms with Gasteiger partial charge < -0.3 is 9.30 Å². The molecule has 1 aromatic heterocycles. The van der Waals surface area contributed by atoms with Gasteiger partial charge in [0.1, 0.15) is 0 Å². The zero-order valence-corrected chi connectivity index (χ0v) is 6.41. The standard InChI is InChI=1S/C8H10NO2/c1-11-7-6-9-5-3-2-4-8(9)10/h2-3,5H,6-7H2,1H3. The Kier molecular flexibility index (Phi) is 2.86. The molecule has 0 saturated heterocycles. The van der Waals surface area contributed by atoms with Gasteiger partial charge in [-0.1, -0.05) is 0 Å². The van der Waals surface area contributed by atoms with E-state index in [0.29, 0.717) is 13.2 Å². The Bertz CT molecular complexity index is 267. The van der Waals surface area contributed by atoms with E-state index in [0.717, 1.165) is 0 Å². The van der Waals surface area contributed by atoms with Gasteiger partial charge >= 0.3 is 0 Å². The molecule has 0 saturated carbocycles. The van der Waals surface area contributed by atoms with Crippen molar-refractivity contribution in [1.82, 2.24) is 4.57 Å². The van der Waals surface area contributed by atoms with Crippen LogP contribution in [0.25, 0.3) is 0 Å². The predicted octanol–water partition coefficient (Wildman–Crippen LogP) is 0.295. The molecule has 0 aliphatic heterocycles. The van der Waals surface area contributed by atoms with Crippen LogP contribution in [0, 0.1) is 6.07 Å². The summed E-state index contributed by atoms with van der Waals surface area (Å²) in [6.45, 7) is 1.14. The highest BCUT2D eigenvalue weighted by atomic mass is 16.5. The van der Waals surface area contributed by atoms with Gasteiger partial charge in [-0.25, -0.2) is 0 Å². The van der Waals surface area contributed by atoms with Crippen LogP contribution in [0.2, 0.25) is 0 Å². The van der Waals surface area contributed by atoms with Gasteiger partial charge in [-0.3, -0.25) is 4.79 Å². The van der Waals surface area contributed by atoms with Crippen molar-refractivity contribution in [3.05, 3.63) is 34.7 Å². The van der Waals surface area contributed by atoms with Crippen molar-refractivity contribution in [2.45, 2.75) is 6.54 Å². The molecule has 0 aromatic carbocycles. The molecule has 1 heterocycles. The molecule has 11 heavy (non-hydrogen) atoms. The Hall–Kier alpha value is -1.09. The van der Waals surface area contributed by atoms with E-state index in [1.54, 1.807) is 30.0 Å². The SMILES string of the molecule is COCCn1ccc[c]c1=O. The summed E-state index contributed by atoms with van der Waals surface area (Å²) in [5, 5.41) is 0. The quantitative estimate of drug-likeness (QED) is 0.623. The van der Waals surface area contributed by atoms with E-state index in [2.05, 4.69) is 6.07 Å². The molecular weight excluding hydrogens is 142 g/mol. The van der Waals surface area contributed by atoms with Crippen LogP contribution in [0.1, 0.15) is 0 Å². The zero-order valence-electron chi connectivity index (χ0n) is 6.41. The second kappa shape index (κ2) is 3.93. The molecule has 59 valence electrons. The molecule has 0 aliphatic carbocycles. The van der Waals surface area contributed by atoms with Gasteiger partial charge in [0.05, 0.1) is 12.7 Å². The Morgan fingerprint density at radius 3 is 3.18 bits per heavy atom. The predicted molar refractivity (Wildman–Crippen MR) is 41.4 cm³/mol. The average molecular weight is 152 g/mol. The highest BCUT2D eigenvalue weighted by Gasteiger charge is 1.91. The van der Waals surface area contributed by atoms with Gasteiger partial charge in [0.2, 0.25) is 0 Å². The zero-order chi connectivity index (χ0) is 8.10. The molecule has 0 atom stereocenters. The Labute approximate surface area is 65.2 Å². The summed E-state index contributed by atoms with van der Waals surface area (Å²) in [7, 11) is 1.61. The lowest BCUT2D eigenvalue weighted by Crippen LogP contribution is -2.20. The summed E-state index contributed by atoms with van der Waals surface area (Å²) < 4.78 is 6.39. The van der Waals surface area contributed by atoms with Crippen LogP contribution in [0.15, 0.2) is 23.1 Å². The summed E-state index contributed by atoms with van der Waals surface area (Å²) in [6, 6.07) is 5.94. The van der Waals surface area contributed by atoms with E-state index < -0.39 is 0 Å². The van der Waals surface area contributed by atoms with E-state index in [4.69, 9.17) is 4.74 Å². The number of hydrogen-bond acceptors (Lipinski definition) is 2. The van der Waals surface area contributed by atoms with Gasteiger partial charge in [0.15, 0.2) is 0 Å². The minimum absolute atomic E-state index is 0.107. The second-order valence-corrected chi connectivity index (χ2v) is 2.14. The van der Waals surface area contributed by atoms with Crippen molar-refractivity contribution in [2.24, 2.45) is 0 Å². The van der Waals surface area contributed by atoms with Gasteiger partial charge in [-0.15, -0.1) is 0 Å². The lowest BCUT2D eigenvalue weighted by atomic mass is 10.5. The van der Waals surface area contributed by atoms with Crippen LogP contribution < -0.4 is 5.56 Å². The monoisotopic (exact) mass is 152 g/mol. The summed E-state index contributed by atoms with van der Waals surface area (Å²) in [4.78, 5) is 11.0. The minimum atomic E-state index is -0.107. The van der Waals surface area contributed by atoms with Gasteiger partial charge in [0, 0.05) is 19.9 Å². The molecule has 1 rings (SSSR count). The maximum atomic E-state index is 11.0. The molecule has 3 nitrogen and oxygen atoms in total. The number of hydrogen-bond donors (Lipinski definition) is 0. The van der Waals surface area contributed by atoms with Gasteiger partial charge in [-0.05, 0) is 12.1 Å². The number of ether oxygens (including phenoxy) is 1.